The summed E-state index contributed by atoms with van der Waals surface area (Å²) in [5.41, 5.74) is 2.71. The lowest BCUT2D eigenvalue weighted by Crippen LogP contribution is -2.32. The Morgan fingerprint density at radius 3 is 2.62 bits per heavy atom. The number of anilines is 2. The van der Waals surface area contributed by atoms with Crippen molar-refractivity contribution in [2.75, 3.05) is 17.2 Å². The highest BCUT2D eigenvalue weighted by molar-refractivity contribution is 6.04. The minimum Gasteiger partial charge on any atom is -0.343 e. The van der Waals surface area contributed by atoms with Gasteiger partial charge in [0.2, 0.25) is 11.8 Å². The highest BCUT2D eigenvalue weighted by Gasteiger charge is 2.26. The van der Waals surface area contributed by atoms with Crippen LogP contribution >= 0.6 is 0 Å². The van der Waals surface area contributed by atoms with E-state index in [4.69, 9.17) is 0 Å². The minimum atomic E-state index is -0.329. The molecule has 6 heteroatoms. The number of nitrogens with one attached hydrogen (secondary N) is 3. The number of hydrogen-bond acceptors (Lipinski definition) is 3. The SMILES string of the molecule is CC1C(=O)Nc2ccc(NC(=O)CNC(=O)c3ccccc3)cc21. The molecule has 24 heavy (non-hydrogen) atoms. The Morgan fingerprint density at radius 2 is 1.88 bits per heavy atom. The topological polar surface area (TPSA) is 87.3 Å². The van der Waals surface area contributed by atoms with Gasteiger partial charge in [-0.25, -0.2) is 0 Å². The molecule has 6 nitrogen and oxygen atoms in total. The van der Waals surface area contributed by atoms with E-state index in [-0.39, 0.29) is 30.2 Å². The first kappa shape index (κ1) is 15.7. The van der Waals surface area contributed by atoms with Crippen molar-refractivity contribution in [1.82, 2.24) is 5.32 Å². The van der Waals surface area contributed by atoms with Gasteiger partial charge in [0.15, 0.2) is 0 Å². The molecular weight excluding hydrogens is 306 g/mol. The average molecular weight is 323 g/mol. The Labute approximate surface area is 139 Å². The molecule has 0 aromatic heterocycles. The van der Waals surface area contributed by atoms with Crippen LogP contribution in [0.3, 0.4) is 0 Å². The second kappa shape index (κ2) is 6.54. The smallest absolute Gasteiger partial charge is 0.251 e. The number of fused-ring (bicyclic) bond motifs is 1. The first-order valence-corrected chi connectivity index (χ1v) is 7.62. The first-order chi connectivity index (χ1) is 11.5. The van der Waals surface area contributed by atoms with Crippen molar-refractivity contribution in [3.05, 3.63) is 59.7 Å². The van der Waals surface area contributed by atoms with Crippen LogP contribution in [0.4, 0.5) is 11.4 Å². The summed E-state index contributed by atoms with van der Waals surface area (Å²) >= 11 is 0. The number of carbonyl (C=O) groups excluding carboxylic acids is 3. The summed E-state index contributed by atoms with van der Waals surface area (Å²) < 4.78 is 0. The quantitative estimate of drug-likeness (QED) is 0.805. The highest BCUT2D eigenvalue weighted by Crippen LogP contribution is 2.33. The van der Waals surface area contributed by atoms with Crippen LogP contribution in [0.2, 0.25) is 0 Å². The van der Waals surface area contributed by atoms with Crippen LogP contribution in [0, 0.1) is 0 Å². The van der Waals surface area contributed by atoms with Crippen LogP contribution < -0.4 is 16.0 Å². The van der Waals surface area contributed by atoms with Crippen molar-refractivity contribution < 1.29 is 14.4 Å². The van der Waals surface area contributed by atoms with E-state index in [9.17, 15) is 14.4 Å². The minimum absolute atomic E-state index is 0.0522. The number of amides is 3. The van der Waals surface area contributed by atoms with Crippen molar-refractivity contribution >= 4 is 29.1 Å². The van der Waals surface area contributed by atoms with Gasteiger partial charge in [0, 0.05) is 16.9 Å². The summed E-state index contributed by atoms with van der Waals surface area (Å²) in [6.07, 6.45) is 0. The summed E-state index contributed by atoms with van der Waals surface area (Å²) in [5, 5.41) is 8.07. The van der Waals surface area contributed by atoms with Crippen LogP contribution in [-0.4, -0.2) is 24.3 Å². The molecule has 2 aromatic carbocycles. The Kier molecular flexibility index (Phi) is 4.29. The van der Waals surface area contributed by atoms with Crippen molar-refractivity contribution in [1.29, 1.82) is 0 Å². The van der Waals surface area contributed by atoms with Gasteiger partial charge in [-0.3, -0.25) is 14.4 Å². The summed E-state index contributed by atoms with van der Waals surface area (Å²) in [7, 11) is 0. The summed E-state index contributed by atoms with van der Waals surface area (Å²) in [5.74, 6) is -0.925. The maximum absolute atomic E-state index is 12.0. The number of benzene rings is 2. The fourth-order valence-corrected chi connectivity index (χ4v) is 2.55. The van der Waals surface area contributed by atoms with E-state index in [1.54, 1.807) is 42.5 Å². The second-order valence-corrected chi connectivity index (χ2v) is 5.61. The molecule has 1 atom stereocenters. The molecule has 0 bridgehead atoms. The van der Waals surface area contributed by atoms with Crippen molar-refractivity contribution in [2.24, 2.45) is 0 Å². The summed E-state index contributed by atoms with van der Waals surface area (Å²) in [4.78, 5) is 35.5. The molecule has 3 rings (SSSR count). The maximum atomic E-state index is 12.0. The van der Waals surface area contributed by atoms with Gasteiger partial charge >= 0.3 is 0 Å². The van der Waals surface area contributed by atoms with Gasteiger partial charge in [0.05, 0.1) is 12.5 Å². The van der Waals surface area contributed by atoms with Gasteiger partial charge in [0.25, 0.3) is 5.91 Å². The third-order valence-corrected chi connectivity index (χ3v) is 3.90. The van der Waals surface area contributed by atoms with Crippen LogP contribution in [0.1, 0.15) is 28.8 Å². The van der Waals surface area contributed by atoms with E-state index in [0.29, 0.717) is 11.3 Å². The van der Waals surface area contributed by atoms with E-state index in [2.05, 4.69) is 16.0 Å². The van der Waals surface area contributed by atoms with Crippen LogP contribution in [0.15, 0.2) is 48.5 Å². The van der Waals surface area contributed by atoms with E-state index in [0.717, 1.165) is 11.3 Å². The molecule has 0 saturated heterocycles. The monoisotopic (exact) mass is 323 g/mol. The van der Waals surface area contributed by atoms with Crippen molar-refractivity contribution in [3.63, 3.8) is 0 Å². The average Bonchev–Trinajstić information content (AvgIpc) is 2.88. The molecule has 0 saturated carbocycles. The number of carbonyl (C=O) groups is 3. The van der Waals surface area contributed by atoms with Crippen LogP contribution in [-0.2, 0) is 9.59 Å². The lowest BCUT2D eigenvalue weighted by Gasteiger charge is -2.09. The van der Waals surface area contributed by atoms with Gasteiger partial charge in [-0.1, -0.05) is 18.2 Å². The van der Waals surface area contributed by atoms with Crippen molar-refractivity contribution in [2.45, 2.75) is 12.8 Å². The lowest BCUT2D eigenvalue weighted by molar-refractivity contribution is -0.117. The fourth-order valence-electron chi connectivity index (χ4n) is 2.55. The molecule has 1 aliphatic heterocycles. The molecule has 1 heterocycles. The van der Waals surface area contributed by atoms with Crippen molar-refractivity contribution in [3.8, 4) is 0 Å². The number of hydrogen-bond donors (Lipinski definition) is 3. The van der Waals surface area contributed by atoms with Gasteiger partial charge in [-0.2, -0.15) is 0 Å². The maximum Gasteiger partial charge on any atom is 0.251 e. The summed E-state index contributed by atoms with van der Waals surface area (Å²) in [6, 6.07) is 13.9. The Balaban J connectivity index is 1.58. The lowest BCUT2D eigenvalue weighted by atomic mass is 10.0. The zero-order valence-electron chi connectivity index (χ0n) is 13.1. The Morgan fingerprint density at radius 1 is 1.12 bits per heavy atom. The Bertz CT molecular complexity index is 802. The predicted octanol–water partition coefficient (Wildman–Crippen LogP) is 2.11. The summed E-state index contributed by atoms with van der Waals surface area (Å²) in [6.45, 7) is 1.68. The molecule has 0 aliphatic carbocycles. The van der Waals surface area contributed by atoms with E-state index in [1.165, 1.54) is 0 Å². The fraction of sp³-hybridized carbons (Fsp3) is 0.167. The molecule has 3 N–H and O–H groups in total. The van der Waals surface area contributed by atoms with Gasteiger partial charge < -0.3 is 16.0 Å². The Hall–Kier alpha value is -3.15. The standard InChI is InChI=1S/C18H17N3O3/c1-11-14-9-13(7-8-15(14)21-17(11)23)20-16(22)10-19-18(24)12-5-3-2-4-6-12/h2-9,11H,10H2,1H3,(H,19,24)(H,20,22)(H,21,23). The predicted molar refractivity (Wildman–Crippen MR) is 90.9 cm³/mol. The molecule has 0 radical (unpaired) electrons. The highest BCUT2D eigenvalue weighted by atomic mass is 16.2. The van der Waals surface area contributed by atoms with Gasteiger partial charge in [-0.05, 0) is 42.8 Å². The third kappa shape index (κ3) is 3.27. The van der Waals surface area contributed by atoms with E-state index in [1.807, 2.05) is 13.0 Å². The molecule has 1 aliphatic rings. The molecule has 2 aromatic rings. The third-order valence-electron chi connectivity index (χ3n) is 3.90. The van der Waals surface area contributed by atoms with Crippen LogP contribution in [0.25, 0.3) is 0 Å². The molecular formula is C18H17N3O3. The van der Waals surface area contributed by atoms with E-state index < -0.39 is 0 Å². The molecule has 0 spiro atoms. The molecule has 1 unspecified atom stereocenters. The zero-order chi connectivity index (χ0) is 17.1. The normalized spacial score (nSPS) is 15.4. The second-order valence-electron chi connectivity index (χ2n) is 5.61. The van der Waals surface area contributed by atoms with E-state index >= 15 is 0 Å². The number of rotatable bonds is 4. The zero-order valence-corrected chi connectivity index (χ0v) is 13.1. The van der Waals surface area contributed by atoms with Gasteiger partial charge in [-0.15, -0.1) is 0 Å². The van der Waals surface area contributed by atoms with Crippen LogP contribution in [0.5, 0.6) is 0 Å². The molecule has 122 valence electrons. The molecule has 3 amide bonds. The first-order valence-electron chi connectivity index (χ1n) is 7.62. The van der Waals surface area contributed by atoms with Gasteiger partial charge in [0.1, 0.15) is 0 Å². The molecule has 0 fully saturated rings. The largest absolute Gasteiger partial charge is 0.343 e.